The van der Waals surface area contributed by atoms with Gasteiger partial charge in [0.1, 0.15) is 29.7 Å². The molecule has 3 aromatic heterocycles. The molecule has 3 heterocycles. The standard InChI is InChI=1S/C27H28ClF2N9O3/c1-16(12-38-15-33-36-37-38)42-24-8-17(2-7-22(24)28)18-10-31-26(32-11-18)34-23-13-39(20-3-5-21(40)6-4-20)35-25(23)41-14-19-9-27(19,29)30/h2,7-8,10-11,13,15-16,19-20H,3-6,9,12,14H2,1H3,(H,31,32,34)/t16?,19-/m0/s1. The van der Waals surface area contributed by atoms with E-state index in [0.717, 1.165) is 11.1 Å². The van der Waals surface area contributed by atoms with Crippen LogP contribution in [0.5, 0.6) is 11.6 Å². The number of nitrogens with one attached hydrogen (secondary N) is 1. The van der Waals surface area contributed by atoms with Gasteiger partial charge in [0.15, 0.2) is 0 Å². The molecule has 2 saturated carbocycles. The van der Waals surface area contributed by atoms with Crippen LogP contribution in [-0.4, -0.2) is 64.4 Å². The summed E-state index contributed by atoms with van der Waals surface area (Å²) in [6.07, 6.45) is 8.40. The summed E-state index contributed by atoms with van der Waals surface area (Å²) in [5.74, 6) is -2.32. The van der Waals surface area contributed by atoms with Crippen LogP contribution in [0.15, 0.2) is 43.1 Å². The smallest absolute Gasteiger partial charge is 0.256 e. The number of alkyl halides is 2. The predicted molar refractivity (Wildman–Crippen MR) is 147 cm³/mol. The Hall–Kier alpha value is -4.20. The minimum Gasteiger partial charge on any atom is -0.487 e. The zero-order chi connectivity index (χ0) is 29.3. The molecule has 0 radical (unpaired) electrons. The third-order valence-corrected chi connectivity index (χ3v) is 7.60. The molecule has 2 fully saturated rings. The van der Waals surface area contributed by atoms with E-state index >= 15 is 0 Å². The summed E-state index contributed by atoms with van der Waals surface area (Å²) in [6.45, 7) is 2.19. The number of carbonyl (C=O) groups is 1. The van der Waals surface area contributed by atoms with E-state index in [4.69, 9.17) is 21.1 Å². The first kappa shape index (κ1) is 27.9. The normalized spacial score (nSPS) is 19.0. The third-order valence-electron chi connectivity index (χ3n) is 7.29. The quantitative estimate of drug-likeness (QED) is 0.253. The molecule has 1 unspecified atom stereocenters. The van der Waals surface area contributed by atoms with E-state index in [1.807, 2.05) is 19.1 Å². The Morgan fingerprint density at radius 3 is 2.64 bits per heavy atom. The van der Waals surface area contributed by atoms with Crippen LogP contribution < -0.4 is 14.8 Å². The summed E-state index contributed by atoms with van der Waals surface area (Å²) in [5, 5.41) is 19.2. The second-order valence-electron chi connectivity index (χ2n) is 10.6. The van der Waals surface area contributed by atoms with Gasteiger partial charge in [0.2, 0.25) is 5.95 Å². The van der Waals surface area contributed by atoms with Crippen LogP contribution in [0, 0.1) is 5.92 Å². The first-order valence-electron chi connectivity index (χ1n) is 13.6. The van der Waals surface area contributed by atoms with Crippen molar-refractivity contribution in [1.29, 1.82) is 0 Å². The maximum absolute atomic E-state index is 13.4. The number of hydrogen-bond donors (Lipinski definition) is 1. The van der Waals surface area contributed by atoms with Crippen molar-refractivity contribution in [2.75, 3.05) is 11.9 Å². The lowest BCUT2D eigenvalue weighted by atomic mass is 9.95. The molecular weight excluding hydrogens is 572 g/mol. The second kappa shape index (κ2) is 11.6. The lowest BCUT2D eigenvalue weighted by molar-refractivity contribution is -0.120. The number of halogens is 3. The van der Waals surface area contributed by atoms with Crippen LogP contribution in [0.25, 0.3) is 11.1 Å². The first-order valence-corrected chi connectivity index (χ1v) is 14.0. The Balaban J connectivity index is 1.16. The summed E-state index contributed by atoms with van der Waals surface area (Å²) in [4.78, 5) is 20.6. The van der Waals surface area contributed by atoms with Gasteiger partial charge in [0, 0.05) is 37.2 Å². The molecule has 0 aliphatic heterocycles. The van der Waals surface area contributed by atoms with Crippen LogP contribution in [0.3, 0.4) is 0 Å². The van der Waals surface area contributed by atoms with Crippen LogP contribution in [0.2, 0.25) is 5.02 Å². The maximum Gasteiger partial charge on any atom is 0.256 e. The summed E-state index contributed by atoms with van der Waals surface area (Å²) in [7, 11) is 0. The van der Waals surface area contributed by atoms with Crippen molar-refractivity contribution in [2.24, 2.45) is 5.92 Å². The highest BCUT2D eigenvalue weighted by Crippen LogP contribution is 2.48. The van der Waals surface area contributed by atoms with Gasteiger partial charge >= 0.3 is 0 Å². The number of anilines is 2. The number of benzene rings is 1. The average Bonchev–Trinajstić information content (AvgIpc) is 3.30. The van der Waals surface area contributed by atoms with E-state index in [1.54, 1.807) is 34.0 Å². The third kappa shape index (κ3) is 6.48. The van der Waals surface area contributed by atoms with Crippen LogP contribution in [0.1, 0.15) is 45.1 Å². The minimum absolute atomic E-state index is 0.0168. The number of ether oxygens (including phenoxy) is 2. The van der Waals surface area contributed by atoms with Gasteiger partial charge in [-0.25, -0.2) is 23.4 Å². The highest BCUT2D eigenvalue weighted by molar-refractivity contribution is 6.32. The summed E-state index contributed by atoms with van der Waals surface area (Å²) in [6, 6.07) is 5.40. The summed E-state index contributed by atoms with van der Waals surface area (Å²) >= 11 is 6.38. The number of Topliss-reactive ketones (excluding diaryl/α,β-unsaturated/α-hetero) is 1. The van der Waals surface area contributed by atoms with Gasteiger partial charge in [0.05, 0.1) is 36.3 Å². The fourth-order valence-corrected chi connectivity index (χ4v) is 4.95. The Labute approximate surface area is 244 Å². The molecule has 15 heteroatoms. The van der Waals surface area contributed by atoms with Gasteiger partial charge in [-0.2, -0.15) is 0 Å². The molecule has 0 bridgehead atoms. The number of aromatic nitrogens is 8. The number of nitrogens with zero attached hydrogens (tertiary/aromatic N) is 8. The molecule has 2 atom stereocenters. The number of tetrazole rings is 1. The molecule has 12 nitrogen and oxygen atoms in total. The molecule has 4 aromatic rings. The van der Waals surface area contributed by atoms with Crippen molar-refractivity contribution in [3.8, 4) is 22.8 Å². The zero-order valence-electron chi connectivity index (χ0n) is 22.7. The van der Waals surface area contributed by atoms with E-state index in [9.17, 15) is 13.6 Å². The number of rotatable bonds is 11. The van der Waals surface area contributed by atoms with Gasteiger partial charge in [-0.1, -0.05) is 17.7 Å². The second-order valence-corrected chi connectivity index (χ2v) is 11.0. The SMILES string of the molecule is CC(Cn1cnnn1)Oc1cc(-c2cnc(Nc3cn(C4CCC(=O)CC4)nc3OC[C@@H]3CC3(F)F)nc2)ccc1Cl. The molecule has 1 N–H and O–H groups in total. The Kier molecular flexibility index (Phi) is 7.71. The molecule has 0 saturated heterocycles. The molecule has 2 aliphatic rings. The zero-order valence-corrected chi connectivity index (χ0v) is 23.4. The van der Waals surface area contributed by atoms with E-state index in [0.29, 0.717) is 48.7 Å². The van der Waals surface area contributed by atoms with Crippen molar-refractivity contribution in [1.82, 2.24) is 40.0 Å². The van der Waals surface area contributed by atoms with Crippen LogP contribution >= 0.6 is 11.6 Å². The summed E-state index contributed by atoms with van der Waals surface area (Å²) < 4.78 is 41.9. The van der Waals surface area contributed by atoms with Crippen molar-refractivity contribution in [2.45, 2.75) is 63.6 Å². The first-order chi connectivity index (χ1) is 20.2. The molecule has 2 aliphatic carbocycles. The molecule has 0 amide bonds. The average molecular weight is 600 g/mol. The lowest BCUT2D eigenvalue weighted by Gasteiger charge is -2.20. The van der Waals surface area contributed by atoms with Crippen LogP contribution in [-0.2, 0) is 11.3 Å². The maximum atomic E-state index is 13.4. The number of ketones is 1. The Morgan fingerprint density at radius 1 is 1.19 bits per heavy atom. The number of hydrogen-bond acceptors (Lipinski definition) is 10. The van der Waals surface area contributed by atoms with E-state index in [1.165, 1.54) is 6.33 Å². The van der Waals surface area contributed by atoms with E-state index in [-0.39, 0.29) is 42.8 Å². The fourth-order valence-electron chi connectivity index (χ4n) is 4.79. The van der Waals surface area contributed by atoms with Gasteiger partial charge in [-0.05, 0) is 47.9 Å². The minimum atomic E-state index is -2.70. The Bertz CT molecular complexity index is 1540. The van der Waals surface area contributed by atoms with Crippen molar-refractivity contribution < 1.29 is 23.0 Å². The van der Waals surface area contributed by atoms with Gasteiger partial charge in [-0.15, -0.1) is 10.2 Å². The lowest BCUT2D eigenvalue weighted by Crippen LogP contribution is -2.20. The monoisotopic (exact) mass is 599 g/mol. The van der Waals surface area contributed by atoms with E-state index < -0.39 is 11.8 Å². The van der Waals surface area contributed by atoms with Crippen molar-refractivity contribution >= 4 is 29.0 Å². The molecule has 220 valence electrons. The van der Waals surface area contributed by atoms with Crippen molar-refractivity contribution in [3.05, 3.63) is 48.1 Å². The molecule has 6 rings (SSSR count). The molecule has 0 spiro atoms. The van der Waals surface area contributed by atoms with Gasteiger partial charge in [0.25, 0.3) is 11.8 Å². The molecular formula is C27H28ClF2N9O3. The summed E-state index contributed by atoms with van der Waals surface area (Å²) in [5.41, 5.74) is 1.98. The van der Waals surface area contributed by atoms with E-state index in [2.05, 4.69) is 35.9 Å². The number of carbonyl (C=O) groups excluding carboxylic acids is 1. The Morgan fingerprint density at radius 2 is 1.95 bits per heavy atom. The highest BCUT2D eigenvalue weighted by Gasteiger charge is 2.57. The van der Waals surface area contributed by atoms with Crippen molar-refractivity contribution in [3.63, 3.8) is 0 Å². The van der Waals surface area contributed by atoms with Gasteiger partial charge < -0.3 is 14.8 Å². The largest absolute Gasteiger partial charge is 0.487 e. The van der Waals surface area contributed by atoms with Gasteiger partial charge in [-0.3, -0.25) is 9.48 Å². The topological polar surface area (TPSA) is 135 Å². The molecule has 1 aromatic carbocycles. The van der Waals surface area contributed by atoms with Crippen LogP contribution in [0.4, 0.5) is 20.4 Å². The predicted octanol–water partition coefficient (Wildman–Crippen LogP) is 4.91. The molecule has 42 heavy (non-hydrogen) atoms. The fraction of sp³-hybridized carbons (Fsp3) is 0.444. The highest BCUT2D eigenvalue weighted by atomic mass is 35.5.